The lowest BCUT2D eigenvalue weighted by atomic mass is 10.0. The maximum absolute atomic E-state index is 13.1. The first-order valence-corrected chi connectivity index (χ1v) is 7.80. The fraction of sp³-hybridized carbons (Fsp3) is 0.105. The molecule has 0 aromatic heterocycles. The van der Waals surface area contributed by atoms with Crippen molar-refractivity contribution in [3.05, 3.63) is 65.7 Å². The van der Waals surface area contributed by atoms with Crippen LogP contribution in [0.5, 0.6) is 0 Å². The molecule has 0 saturated heterocycles. The maximum atomic E-state index is 13.1. The number of nitrogens with zero attached hydrogens (tertiary/aromatic N) is 2. The van der Waals surface area contributed by atoms with Crippen LogP contribution in [0.4, 0.5) is 18.9 Å². The molecule has 0 bridgehead atoms. The molecule has 1 aliphatic heterocycles. The largest absolute Gasteiger partial charge is 0.478 e. The van der Waals surface area contributed by atoms with E-state index in [2.05, 4.69) is 5.10 Å². The molecule has 2 aromatic carbocycles. The molecular formula is C19H13F3N2O3. The number of carboxylic acids is 1. The van der Waals surface area contributed by atoms with Gasteiger partial charge in [0.2, 0.25) is 0 Å². The van der Waals surface area contributed by atoms with Crippen LogP contribution >= 0.6 is 0 Å². The molecular weight excluding hydrogens is 361 g/mol. The lowest BCUT2D eigenvalue weighted by Gasteiger charge is -2.14. The van der Waals surface area contributed by atoms with E-state index < -0.39 is 29.2 Å². The van der Waals surface area contributed by atoms with Gasteiger partial charge in [-0.2, -0.15) is 23.3 Å². The Morgan fingerprint density at radius 3 is 2.07 bits per heavy atom. The lowest BCUT2D eigenvalue weighted by molar-refractivity contribution is -0.145. The summed E-state index contributed by atoms with van der Waals surface area (Å²) in [6.45, 7) is 1.17. The molecule has 0 spiro atoms. The standard InChI is InChI=1S/C19H13F3N2O3/c1-11-15(16(18(26)27)19(20,21)22)17(25)24(23-11)14-9-7-13(8-10-14)12-5-3-2-4-6-12/h2-10H,1H3,(H,26,27). The number of carbonyl (C=O) groups excluding carboxylic acids is 1. The Bertz CT molecular complexity index is 962. The normalized spacial score (nSPS) is 16.4. The van der Waals surface area contributed by atoms with Crippen LogP contribution in [0.25, 0.3) is 11.1 Å². The zero-order chi connectivity index (χ0) is 19.8. The smallest absolute Gasteiger partial charge is 0.424 e. The molecule has 0 aliphatic carbocycles. The SMILES string of the molecule is CC1=NN(c2ccc(-c3ccccc3)cc2)C(=O)C1=C(C(=O)O)C(F)(F)F. The van der Waals surface area contributed by atoms with Crippen LogP contribution in [0.2, 0.25) is 0 Å². The predicted molar refractivity (Wildman–Crippen MR) is 93.2 cm³/mol. The Labute approximate surface area is 152 Å². The summed E-state index contributed by atoms with van der Waals surface area (Å²) in [5.74, 6) is -3.35. The Balaban J connectivity index is 1.98. The summed E-state index contributed by atoms with van der Waals surface area (Å²) >= 11 is 0. The third-order valence-corrected chi connectivity index (χ3v) is 3.98. The van der Waals surface area contributed by atoms with Crippen LogP contribution < -0.4 is 5.01 Å². The molecule has 2 aromatic rings. The van der Waals surface area contributed by atoms with Gasteiger partial charge in [-0.15, -0.1) is 0 Å². The molecule has 0 saturated carbocycles. The molecule has 0 atom stereocenters. The molecule has 1 amide bonds. The molecule has 138 valence electrons. The van der Waals surface area contributed by atoms with Gasteiger partial charge in [-0.25, -0.2) is 4.79 Å². The second-order valence-corrected chi connectivity index (χ2v) is 5.77. The predicted octanol–water partition coefficient (Wildman–Crippen LogP) is 4.02. The average molecular weight is 374 g/mol. The number of carbonyl (C=O) groups is 2. The first-order chi connectivity index (χ1) is 12.7. The number of carboxylic acid groups (broad SMARTS) is 1. The van der Waals surface area contributed by atoms with E-state index in [4.69, 9.17) is 5.11 Å². The van der Waals surface area contributed by atoms with Crippen LogP contribution in [-0.4, -0.2) is 28.9 Å². The van der Waals surface area contributed by atoms with Crippen molar-refractivity contribution in [2.24, 2.45) is 5.10 Å². The molecule has 1 aliphatic rings. The Morgan fingerprint density at radius 2 is 1.56 bits per heavy atom. The summed E-state index contributed by atoms with van der Waals surface area (Å²) in [4.78, 5) is 23.5. The lowest BCUT2D eigenvalue weighted by Crippen LogP contribution is -2.29. The number of hydrogen-bond acceptors (Lipinski definition) is 3. The first-order valence-electron chi connectivity index (χ1n) is 7.80. The first kappa shape index (κ1) is 18.4. The number of alkyl halides is 3. The highest BCUT2D eigenvalue weighted by Gasteiger charge is 2.46. The van der Waals surface area contributed by atoms with Crippen molar-refractivity contribution in [1.82, 2.24) is 0 Å². The minimum atomic E-state index is -5.18. The molecule has 0 fully saturated rings. The highest BCUT2D eigenvalue weighted by Crippen LogP contribution is 2.34. The van der Waals surface area contributed by atoms with E-state index in [1.54, 1.807) is 12.1 Å². The number of anilines is 1. The van der Waals surface area contributed by atoms with E-state index in [-0.39, 0.29) is 11.4 Å². The fourth-order valence-corrected chi connectivity index (χ4v) is 2.76. The topological polar surface area (TPSA) is 70.0 Å². The van der Waals surface area contributed by atoms with Gasteiger partial charge in [-0.3, -0.25) is 4.79 Å². The van der Waals surface area contributed by atoms with Gasteiger partial charge in [0.1, 0.15) is 0 Å². The van der Waals surface area contributed by atoms with Crippen molar-refractivity contribution < 1.29 is 27.9 Å². The number of hydrogen-bond donors (Lipinski definition) is 1. The number of aliphatic carboxylic acids is 1. The van der Waals surface area contributed by atoms with E-state index in [9.17, 15) is 22.8 Å². The summed E-state index contributed by atoms with van der Waals surface area (Å²) in [5, 5.41) is 13.5. The van der Waals surface area contributed by atoms with Crippen LogP contribution in [0.3, 0.4) is 0 Å². The average Bonchev–Trinajstić information content (AvgIpc) is 2.90. The molecule has 1 heterocycles. The van der Waals surface area contributed by atoms with Gasteiger partial charge in [0.15, 0.2) is 5.57 Å². The van der Waals surface area contributed by atoms with Gasteiger partial charge in [-0.1, -0.05) is 42.5 Å². The van der Waals surface area contributed by atoms with Crippen molar-refractivity contribution in [2.75, 3.05) is 5.01 Å². The molecule has 1 N–H and O–H groups in total. The molecule has 3 rings (SSSR count). The van der Waals surface area contributed by atoms with Gasteiger partial charge >= 0.3 is 12.1 Å². The number of benzene rings is 2. The van der Waals surface area contributed by atoms with Gasteiger partial charge < -0.3 is 5.11 Å². The Morgan fingerprint density at radius 1 is 1.00 bits per heavy atom. The van der Waals surface area contributed by atoms with Crippen molar-refractivity contribution >= 4 is 23.3 Å². The third kappa shape index (κ3) is 3.46. The van der Waals surface area contributed by atoms with Crippen LogP contribution in [0, 0.1) is 0 Å². The van der Waals surface area contributed by atoms with Gasteiger partial charge in [0.25, 0.3) is 5.91 Å². The zero-order valence-electron chi connectivity index (χ0n) is 14.0. The summed E-state index contributed by atoms with van der Waals surface area (Å²) in [7, 11) is 0. The minimum absolute atomic E-state index is 0.237. The number of hydrazone groups is 1. The molecule has 8 heteroatoms. The van der Waals surface area contributed by atoms with E-state index in [1.165, 1.54) is 19.1 Å². The molecule has 0 unspecified atom stereocenters. The minimum Gasteiger partial charge on any atom is -0.478 e. The highest BCUT2D eigenvalue weighted by molar-refractivity contribution is 6.32. The van der Waals surface area contributed by atoms with E-state index >= 15 is 0 Å². The van der Waals surface area contributed by atoms with Gasteiger partial charge in [0.05, 0.1) is 17.0 Å². The summed E-state index contributed by atoms with van der Waals surface area (Å²) in [5.41, 5.74) is -1.16. The molecule has 5 nitrogen and oxygen atoms in total. The van der Waals surface area contributed by atoms with Crippen molar-refractivity contribution in [2.45, 2.75) is 13.1 Å². The maximum Gasteiger partial charge on any atom is 0.424 e. The van der Waals surface area contributed by atoms with Gasteiger partial charge in [-0.05, 0) is 30.2 Å². The van der Waals surface area contributed by atoms with E-state index in [1.807, 2.05) is 30.3 Å². The molecule has 0 radical (unpaired) electrons. The number of rotatable bonds is 3. The van der Waals surface area contributed by atoms with Crippen LogP contribution in [0.15, 0.2) is 70.8 Å². The summed E-state index contributed by atoms with van der Waals surface area (Å²) in [6.07, 6.45) is -5.18. The third-order valence-electron chi connectivity index (χ3n) is 3.98. The van der Waals surface area contributed by atoms with Crippen molar-refractivity contribution in [3.63, 3.8) is 0 Å². The summed E-state index contributed by atoms with van der Waals surface area (Å²) < 4.78 is 39.2. The monoisotopic (exact) mass is 374 g/mol. The second kappa shape index (κ2) is 6.71. The van der Waals surface area contributed by atoms with E-state index in [0.717, 1.165) is 16.1 Å². The molecule has 27 heavy (non-hydrogen) atoms. The van der Waals surface area contributed by atoms with Crippen LogP contribution in [0.1, 0.15) is 6.92 Å². The van der Waals surface area contributed by atoms with Crippen molar-refractivity contribution in [3.8, 4) is 11.1 Å². The number of halogens is 3. The second-order valence-electron chi connectivity index (χ2n) is 5.77. The summed E-state index contributed by atoms with van der Waals surface area (Å²) in [6, 6.07) is 15.8. The number of amides is 1. The van der Waals surface area contributed by atoms with Gasteiger partial charge in [0, 0.05) is 0 Å². The van der Waals surface area contributed by atoms with E-state index in [0.29, 0.717) is 0 Å². The van der Waals surface area contributed by atoms with Crippen molar-refractivity contribution in [1.29, 1.82) is 0 Å². The fourth-order valence-electron chi connectivity index (χ4n) is 2.76. The quantitative estimate of drug-likeness (QED) is 0.825. The Hall–Kier alpha value is -3.42. The zero-order valence-corrected chi connectivity index (χ0v) is 14.0. The van der Waals surface area contributed by atoms with Crippen LogP contribution in [-0.2, 0) is 9.59 Å². The highest BCUT2D eigenvalue weighted by atomic mass is 19.4. The Kier molecular flexibility index (Phi) is 4.57.